The van der Waals surface area contributed by atoms with Crippen LogP contribution in [0.3, 0.4) is 0 Å². The van der Waals surface area contributed by atoms with Crippen molar-refractivity contribution in [1.29, 1.82) is 0 Å². The van der Waals surface area contributed by atoms with Gasteiger partial charge in [-0.05, 0) is 26.0 Å². The molecular weight excluding hydrogens is 278 g/mol. The fourth-order valence-electron chi connectivity index (χ4n) is 1.77. The van der Waals surface area contributed by atoms with Gasteiger partial charge in [0.05, 0.1) is 5.69 Å². The molecule has 0 saturated heterocycles. The molecule has 0 bridgehead atoms. The molecule has 0 atom stereocenters. The zero-order chi connectivity index (χ0) is 15.6. The lowest BCUT2D eigenvalue weighted by atomic mass is 10.3. The Morgan fingerprint density at radius 2 is 1.81 bits per heavy atom. The lowest BCUT2D eigenvalue weighted by Gasteiger charge is -2.08. The highest BCUT2D eigenvalue weighted by Crippen LogP contribution is 2.10. The van der Waals surface area contributed by atoms with Crippen LogP contribution in [-0.4, -0.2) is 9.13 Å². The molecule has 0 fully saturated rings. The third-order valence-electron chi connectivity index (χ3n) is 2.94. The molecule has 0 amide bonds. The van der Waals surface area contributed by atoms with E-state index < -0.39 is 22.8 Å². The Labute approximate surface area is 119 Å². The van der Waals surface area contributed by atoms with Gasteiger partial charge in [-0.15, -0.1) is 0 Å². The summed E-state index contributed by atoms with van der Waals surface area (Å²) in [4.78, 5) is 24.0. The molecule has 0 saturated carbocycles. The van der Waals surface area contributed by atoms with Crippen molar-refractivity contribution in [1.82, 2.24) is 9.13 Å². The van der Waals surface area contributed by atoms with E-state index in [9.17, 15) is 18.4 Å². The molecule has 21 heavy (non-hydrogen) atoms. The number of hydrogen-bond donors (Lipinski definition) is 0. The van der Waals surface area contributed by atoms with Gasteiger partial charge in [0, 0.05) is 25.0 Å². The Kier molecular flexibility index (Phi) is 4.16. The second-order valence-electron chi connectivity index (χ2n) is 4.81. The summed E-state index contributed by atoms with van der Waals surface area (Å²) in [6, 6.07) is 3.02. The van der Waals surface area contributed by atoms with Gasteiger partial charge in [0.25, 0.3) is 0 Å². The monoisotopic (exact) mass is 292 g/mol. The molecule has 4 nitrogen and oxygen atoms in total. The van der Waals surface area contributed by atoms with E-state index >= 15 is 0 Å². The molecule has 0 spiro atoms. The molecule has 6 heteroatoms. The van der Waals surface area contributed by atoms with Gasteiger partial charge in [0.1, 0.15) is 0 Å². The van der Waals surface area contributed by atoms with Crippen molar-refractivity contribution in [2.75, 3.05) is 0 Å². The Hall–Kier alpha value is -2.50. The van der Waals surface area contributed by atoms with Crippen molar-refractivity contribution in [2.24, 2.45) is 0 Å². The van der Waals surface area contributed by atoms with Crippen LogP contribution in [0.4, 0.5) is 8.78 Å². The first-order chi connectivity index (χ1) is 9.90. The number of aromatic nitrogens is 2. The standard InChI is InChI=1S/C15H14F2N2O2/c1-10(2)5-6-18-7-8-19(15(21)14(18)20)11-3-4-12(16)13(17)9-11/h3-5,7-9H,6H2,1-2H3. The van der Waals surface area contributed by atoms with E-state index in [1.54, 1.807) is 0 Å². The molecule has 0 aliphatic carbocycles. The molecular formula is C15H14F2N2O2. The minimum absolute atomic E-state index is 0.102. The van der Waals surface area contributed by atoms with Gasteiger partial charge in [-0.1, -0.05) is 11.6 Å². The zero-order valence-corrected chi connectivity index (χ0v) is 11.6. The molecule has 0 N–H and O–H groups in total. The second-order valence-corrected chi connectivity index (χ2v) is 4.81. The summed E-state index contributed by atoms with van der Waals surface area (Å²) in [6.45, 7) is 4.05. The molecule has 0 unspecified atom stereocenters. The quantitative estimate of drug-likeness (QED) is 0.643. The SMILES string of the molecule is CC(C)=CCn1ccn(-c2ccc(F)c(F)c2)c(=O)c1=O. The molecule has 110 valence electrons. The number of rotatable bonds is 3. The van der Waals surface area contributed by atoms with Gasteiger partial charge in [-0.2, -0.15) is 0 Å². The highest BCUT2D eigenvalue weighted by Gasteiger charge is 2.08. The van der Waals surface area contributed by atoms with E-state index in [1.807, 2.05) is 19.9 Å². The number of halogens is 2. The minimum atomic E-state index is -1.08. The van der Waals surface area contributed by atoms with Crippen LogP contribution in [0.1, 0.15) is 13.8 Å². The predicted octanol–water partition coefficient (Wildman–Crippen LogP) is 2.24. The highest BCUT2D eigenvalue weighted by atomic mass is 19.2. The zero-order valence-electron chi connectivity index (χ0n) is 11.6. The third-order valence-corrected chi connectivity index (χ3v) is 2.94. The van der Waals surface area contributed by atoms with Gasteiger partial charge < -0.3 is 4.57 Å². The largest absolute Gasteiger partial charge is 0.320 e. The van der Waals surface area contributed by atoms with Crippen molar-refractivity contribution < 1.29 is 8.78 Å². The lowest BCUT2D eigenvalue weighted by Crippen LogP contribution is -2.39. The molecule has 0 aliphatic rings. The highest BCUT2D eigenvalue weighted by molar-refractivity contribution is 5.32. The smallest absolute Gasteiger partial charge is 0.305 e. The van der Waals surface area contributed by atoms with Gasteiger partial charge in [0.2, 0.25) is 0 Å². The maximum atomic E-state index is 13.2. The van der Waals surface area contributed by atoms with Crippen molar-refractivity contribution in [2.45, 2.75) is 20.4 Å². The van der Waals surface area contributed by atoms with Crippen molar-refractivity contribution in [3.63, 3.8) is 0 Å². The molecule has 0 aliphatic heterocycles. The molecule has 1 heterocycles. The van der Waals surface area contributed by atoms with E-state index in [0.717, 1.165) is 22.3 Å². The van der Waals surface area contributed by atoms with Gasteiger partial charge in [-0.25, -0.2) is 8.78 Å². The predicted molar refractivity (Wildman–Crippen MR) is 75.6 cm³/mol. The Morgan fingerprint density at radius 3 is 2.43 bits per heavy atom. The molecule has 1 aromatic carbocycles. The summed E-state index contributed by atoms with van der Waals surface area (Å²) in [7, 11) is 0. The summed E-state index contributed by atoms with van der Waals surface area (Å²) in [6.07, 6.45) is 4.60. The molecule has 2 rings (SSSR count). The summed E-state index contributed by atoms with van der Waals surface area (Å²) in [5.41, 5.74) is -0.414. The summed E-state index contributed by atoms with van der Waals surface area (Å²) in [5.74, 6) is -2.09. The van der Waals surface area contributed by atoms with Crippen molar-refractivity contribution >= 4 is 0 Å². The van der Waals surface area contributed by atoms with E-state index in [1.165, 1.54) is 23.0 Å². The maximum absolute atomic E-state index is 13.2. The fraction of sp³-hybridized carbons (Fsp3) is 0.200. The van der Waals surface area contributed by atoms with E-state index in [-0.39, 0.29) is 12.2 Å². The molecule has 1 aromatic heterocycles. The maximum Gasteiger partial charge on any atom is 0.320 e. The second kappa shape index (κ2) is 5.87. The van der Waals surface area contributed by atoms with Crippen LogP contribution in [0.25, 0.3) is 5.69 Å². The van der Waals surface area contributed by atoms with Gasteiger partial charge in [-0.3, -0.25) is 14.2 Å². The summed E-state index contributed by atoms with van der Waals surface area (Å²) < 4.78 is 28.3. The van der Waals surface area contributed by atoms with E-state index in [2.05, 4.69) is 0 Å². The Balaban J connectivity index is 2.50. The fourth-order valence-corrected chi connectivity index (χ4v) is 1.77. The summed E-state index contributed by atoms with van der Waals surface area (Å²) in [5, 5.41) is 0. The first-order valence-electron chi connectivity index (χ1n) is 6.31. The van der Waals surface area contributed by atoms with E-state index in [0.29, 0.717) is 0 Å². The Bertz CT molecular complexity index is 815. The lowest BCUT2D eigenvalue weighted by molar-refractivity contribution is 0.507. The number of hydrogen-bond acceptors (Lipinski definition) is 2. The van der Waals surface area contributed by atoms with E-state index in [4.69, 9.17) is 0 Å². The number of allylic oxidation sites excluding steroid dienone is 2. The normalized spacial score (nSPS) is 10.5. The molecule has 2 aromatic rings. The minimum Gasteiger partial charge on any atom is -0.305 e. The van der Waals surface area contributed by atoms with Crippen LogP contribution in [0.2, 0.25) is 0 Å². The van der Waals surface area contributed by atoms with Crippen LogP contribution >= 0.6 is 0 Å². The Morgan fingerprint density at radius 1 is 1.10 bits per heavy atom. The van der Waals surface area contributed by atoms with Crippen LogP contribution in [-0.2, 0) is 6.54 Å². The third kappa shape index (κ3) is 3.16. The first-order valence-corrected chi connectivity index (χ1v) is 6.31. The topological polar surface area (TPSA) is 44.0 Å². The van der Waals surface area contributed by atoms with Gasteiger partial charge >= 0.3 is 11.1 Å². The van der Waals surface area contributed by atoms with Crippen LogP contribution in [0.15, 0.2) is 51.8 Å². The average Bonchev–Trinajstić information content (AvgIpc) is 2.43. The first kappa shape index (κ1) is 14.9. The summed E-state index contributed by atoms with van der Waals surface area (Å²) >= 11 is 0. The number of nitrogens with zero attached hydrogens (tertiary/aromatic N) is 2. The van der Waals surface area contributed by atoms with Crippen molar-refractivity contribution in [3.05, 3.63) is 74.6 Å². The van der Waals surface area contributed by atoms with Crippen LogP contribution in [0, 0.1) is 11.6 Å². The van der Waals surface area contributed by atoms with Crippen LogP contribution in [0.5, 0.6) is 0 Å². The van der Waals surface area contributed by atoms with Gasteiger partial charge in [0.15, 0.2) is 11.6 Å². The van der Waals surface area contributed by atoms with Crippen LogP contribution < -0.4 is 11.1 Å². The molecule has 0 radical (unpaired) electrons. The van der Waals surface area contributed by atoms with Crippen molar-refractivity contribution in [3.8, 4) is 5.69 Å². The average molecular weight is 292 g/mol. The number of benzene rings is 1.